The lowest BCUT2D eigenvalue weighted by Gasteiger charge is -2.28. The lowest BCUT2D eigenvalue weighted by molar-refractivity contribution is 0.168. The van der Waals surface area contributed by atoms with Crippen LogP contribution in [0.4, 0.5) is 27.8 Å². The molecule has 0 saturated carbocycles. The van der Waals surface area contributed by atoms with E-state index in [1.165, 1.54) is 6.07 Å². The maximum Gasteiger partial charge on any atom is 0.412 e. The first-order chi connectivity index (χ1) is 13.4. The highest BCUT2D eigenvalue weighted by Gasteiger charge is 2.19. The van der Waals surface area contributed by atoms with Gasteiger partial charge in [0.05, 0.1) is 18.3 Å². The van der Waals surface area contributed by atoms with Crippen LogP contribution >= 0.6 is 0 Å². The molecule has 1 heterocycles. The van der Waals surface area contributed by atoms with Gasteiger partial charge in [0.2, 0.25) is 0 Å². The number of carbonyl (C=O) groups is 1. The van der Waals surface area contributed by atoms with Crippen LogP contribution in [0.5, 0.6) is 0 Å². The predicted molar refractivity (Wildman–Crippen MR) is 105 cm³/mol. The van der Waals surface area contributed by atoms with Crippen LogP contribution in [-0.4, -0.2) is 39.9 Å². The van der Waals surface area contributed by atoms with Gasteiger partial charge in [0.1, 0.15) is 17.2 Å². The summed E-state index contributed by atoms with van der Waals surface area (Å²) in [7, 11) is 0. The fraction of sp³-hybridized carbons (Fsp3) is 0.235. The number of carbonyl (C=O) groups excluding carboxylic acids is 1. The number of aromatic nitrogens is 1. The normalized spacial score (nSPS) is 12.2. The smallest absolute Gasteiger partial charge is 0.412 e. The molecule has 1 unspecified atom stereocenters. The number of benzene rings is 1. The molecule has 11 heteroatoms. The molecule has 0 spiro atoms. The molecule has 150 valence electrons. The summed E-state index contributed by atoms with van der Waals surface area (Å²) in [6, 6.07) is 9.54. The first-order valence-electron chi connectivity index (χ1n) is 8.31. The van der Waals surface area contributed by atoms with E-state index >= 15 is 0 Å². The van der Waals surface area contributed by atoms with Gasteiger partial charge >= 0.3 is 6.09 Å². The number of hydrogen-bond donors (Lipinski definition) is 5. The second-order valence-corrected chi connectivity index (χ2v) is 5.62. The van der Waals surface area contributed by atoms with Gasteiger partial charge in [-0.15, -0.1) is 0 Å². The molecule has 1 atom stereocenters. The van der Waals surface area contributed by atoms with Crippen molar-refractivity contribution in [2.45, 2.75) is 19.9 Å². The Kier molecular flexibility index (Phi) is 6.96. The molecule has 0 aliphatic rings. The standard InChI is InChI=1S/C17H21N6O5/c1-3-28-17(24)21-13-9-12(15(23(26)27)16(18)20-13)19-10(2)14(22-25)11-7-5-4-6-8-11/h4-10,25-26H,3H2,1-2H3,(H4,18,19,20,21,24)/q-1/b22-14-. The summed E-state index contributed by atoms with van der Waals surface area (Å²) >= 11 is 0. The molecule has 0 radical (unpaired) electrons. The van der Waals surface area contributed by atoms with E-state index in [9.17, 15) is 20.4 Å². The first kappa shape index (κ1) is 20.7. The van der Waals surface area contributed by atoms with Gasteiger partial charge in [-0.3, -0.25) is 10.5 Å². The fourth-order valence-corrected chi connectivity index (χ4v) is 2.51. The first-order valence-corrected chi connectivity index (χ1v) is 8.31. The van der Waals surface area contributed by atoms with Crippen LogP contribution in [0.15, 0.2) is 41.6 Å². The van der Waals surface area contributed by atoms with Crippen LogP contribution < -0.4 is 21.6 Å². The SMILES string of the molecule is CCOC(=O)Nc1cc(NC(C)/C(=N/O)c2ccccc2)c(N([O-])O)c(N)n1. The molecular weight excluding hydrogens is 368 g/mol. The Hall–Kier alpha value is -3.57. The molecule has 6 N–H and O–H groups in total. The van der Waals surface area contributed by atoms with Crippen LogP contribution in [0.2, 0.25) is 0 Å². The third-order valence-electron chi connectivity index (χ3n) is 3.68. The maximum absolute atomic E-state index is 11.6. The predicted octanol–water partition coefficient (Wildman–Crippen LogP) is 2.60. The number of hydrogen-bond acceptors (Lipinski definition) is 10. The van der Waals surface area contributed by atoms with Gasteiger partial charge in [0.15, 0.2) is 5.82 Å². The van der Waals surface area contributed by atoms with E-state index in [0.29, 0.717) is 5.56 Å². The van der Waals surface area contributed by atoms with E-state index in [0.717, 1.165) is 0 Å². The Morgan fingerprint density at radius 3 is 2.68 bits per heavy atom. The molecule has 1 aromatic carbocycles. The molecule has 0 bridgehead atoms. The molecule has 0 saturated heterocycles. The topological polar surface area (TPSA) is 168 Å². The summed E-state index contributed by atoms with van der Waals surface area (Å²) in [4.78, 5) is 15.5. The second-order valence-electron chi connectivity index (χ2n) is 5.62. The average Bonchev–Trinajstić information content (AvgIpc) is 2.62. The summed E-state index contributed by atoms with van der Waals surface area (Å²) in [6.45, 7) is 3.47. The van der Waals surface area contributed by atoms with Gasteiger partial charge in [-0.25, -0.2) is 9.78 Å². The van der Waals surface area contributed by atoms with Gasteiger partial charge < -0.3 is 31.4 Å². The zero-order valence-corrected chi connectivity index (χ0v) is 15.3. The molecule has 0 aliphatic heterocycles. The number of oxime groups is 1. The van der Waals surface area contributed by atoms with E-state index in [1.807, 2.05) is 6.07 Å². The summed E-state index contributed by atoms with van der Waals surface area (Å²) in [5.41, 5.74) is 6.36. The molecule has 1 aromatic heterocycles. The van der Waals surface area contributed by atoms with Gasteiger partial charge in [-0.05, 0) is 13.8 Å². The molecule has 2 aromatic rings. The summed E-state index contributed by atoms with van der Waals surface area (Å²) < 4.78 is 4.77. The van der Waals surface area contributed by atoms with E-state index in [1.54, 1.807) is 38.1 Å². The van der Waals surface area contributed by atoms with Crippen molar-refractivity contribution in [2.24, 2.45) is 5.16 Å². The zero-order chi connectivity index (χ0) is 20.7. The van der Waals surface area contributed by atoms with Gasteiger partial charge in [-0.1, -0.05) is 35.5 Å². The van der Waals surface area contributed by atoms with Gasteiger partial charge in [-0.2, -0.15) is 0 Å². The molecule has 0 aliphatic carbocycles. The number of rotatable bonds is 7. The van der Waals surface area contributed by atoms with E-state index < -0.39 is 17.4 Å². The third-order valence-corrected chi connectivity index (χ3v) is 3.68. The number of amides is 1. The second kappa shape index (κ2) is 9.39. The van der Waals surface area contributed by atoms with Crippen LogP contribution in [0.25, 0.3) is 0 Å². The van der Waals surface area contributed by atoms with Gasteiger partial charge in [0.25, 0.3) is 0 Å². The molecule has 0 fully saturated rings. The Bertz CT molecular complexity index is 843. The largest absolute Gasteiger partial charge is 0.733 e. The monoisotopic (exact) mass is 389 g/mol. The van der Waals surface area contributed by atoms with E-state index in [-0.39, 0.29) is 35.3 Å². The van der Waals surface area contributed by atoms with E-state index in [2.05, 4.69) is 20.8 Å². The molecule has 11 nitrogen and oxygen atoms in total. The number of nitrogens with two attached hydrogens (primary N) is 1. The van der Waals surface area contributed by atoms with Crippen LogP contribution in [0, 0.1) is 5.21 Å². The van der Waals surface area contributed by atoms with Crippen LogP contribution in [0.3, 0.4) is 0 Å². The Balaban J connectivity index is 2.36. The van der Waals surface area contributed by atoms with Crippen molar-refractivity contribution in [3.05, 3.63) is 47.2 Å². The zero-order valence-electron chi connectivity index (χ0n) is 15.3. The molecule has 2 rings (SSSR count). The number of pyridine rings is 1. The number of nitrogen functional groups attached to an aromatic ring is 1. The van der Waals surface area contributed by atoms with Crippen molar-refractivity contribution in [2.75, 3.05) is 28.2 Å². The Morgan fingerprint density at radius 2 is 2.11 bits per heavy atom. The number of ether oxygens (including phenoxy) is 1. The summed E-state index contributed by atoms with van der Waals surface area (Å²) in [5.74, 6) is -0.331. The highest BCUT2D eigenvalue weighted by molar-refractivity contribution is 6.05. The lowest BCUT2D eigenvalue weighted by atomic mass is 10.0. The maximum atomic E-state index is 11.6. The number of nitrogens with zero attached hydrogens (tertiary/aromatic N) is 3. The molecule has 28 heavy (non-hydrogen) atoms. The average molecular weight is 389 g/mol. The van der Waals surface area contributed by atoms with Crippen molar-refractivity contribution >= 4 is 34.8 Å². The highest BCUT2D eigenvalue weighted by atomic mass is 16.8. The highest BCUT2D eigenvalue weighted by Crippen LogP contribution is 2.33. The molecular formula is C17H21N6O5-. The number of anilines is 4. The van der Waals surface area contributed by atoms with E-state index in [4.69, 9.17) is 10.5 Å². The van der Waals surface area contributed by atoms with Crippen LogP contribution in [-0.2, 0) is 4.74 Å². The van der Waals surface area contributed by atoms with Crippen molar-refractivity contribution < 1.29 is 19.9 Å². The fourth-order valence-electron chi connectivity index (χ4n) is 2.51. The quantitative estimate of drug-likeness (QED) is 0.271. The minimum Gasteiger partial charge on any atom is -0.733 e. The molecule has 1 amide bonds. The summed E-state index contributed by atoms with van der Waals surface area (Å²) in [6.07, 6.45) is -0.758. The van der Waals surface area contributed by atoms with Gasteiger partial charge in [0, 0.05) is 11.6 Å². The van der Waals surface area contributed by atoms with Crippen molar-refractivity contribution in [1.29, 1.82) is 0 Å². The van der Waals surface area contributed by atoms with Crippen LogP contribution in [0.1, 0.15) is 19.4 Å². The third kappa shape index (κ3) is 4.99. The van der Waals surface area contributed by atoms with Crippen molar-refractivity contribution in [3.63, 3.8) is 0 Å². The van der Waals surface area contributed by atoms with Crippen molar-refractivity contribution in [1.82, 2.24) is 4.98 Å². The minimum atomic E-state index is -0.758. The Morgan fingerprint density at radius 1 is 1.43 bits per heavy atom. The van der Waals surface area contributed by atoms with Crippen molar-refractivity contribution in [3.8, 4) is 0 Å². The number of nitrogens with one attached hydrogen (secondary N) is 2. The Labute approximate surface area is 161 Å². The lowest BCUT2D eigenvalue weighted by Crippen LogP contribution is -2.28. The minimum absolute atomic E-state index is 0.00144. The summed E-state index contributed by atoms with van der Waals surface area (Å²) in [5, 5.41) is 38.5.